The number of carbonyl (C=O) groups excluding carboxylic acids is 1. The molecule has 1 aromatic carbocycles. The zero-order valence-corrected chi connectivity index (χ0v) is 12.5. The molecule has 1 saturated heterocycles. The molecule has 0 spiro atoms. The summed E-state index contributed by atoms with van der Waals surface area (Å²) in [6, 6.07) is 4.59. The summed E-state index contributed by atoms with van der Waals surface area (Å²) in [6.45, 7) is 4.12. The monoisotopic (exact) mass is 292 g/mol. The number of non-ortho nitro benzene ring substituents is 1. The Morgan fingerprint density at radius 2 is 2.14 bits per heavy atom. The van der Waals surface area contributed by atoms with Crippen molar-refractivity contribution in [1.82, 2.24) is 9.80 Å². The maximum atomic E-state index is 12.7. The van der Waals surface area contributed by atoms with E-state index in [0.29, 0.717) is 24.3 Å². The number of likely N-dealkylation sites (N-methyl/N-ethyl adjacent to an activating group) is 1. The van der Waals surface area contributed by atoms with Crippen LogP contribution in [0.25, 0.3) is 0 Å². The standard InChI is InChI=1S/C14H20N4O3/c1-10-9-17(7-6-16(10)3)14(19)12-8-11(18(20)21)4-5-13(12)15-2/h4-5,8,10,15H,6-7,9H2,1-3H3. The van der Waals surface area contributed by atoms with E-state index in [4.69, 9.17) is 0 Å². The molecule has 0 saturated carbocycles. The fourth-order valence-electron chi connectivity index (χ4n) is 2.44. The SMILES string of the molecule is CNc1ccc([N+](=O)[O-])cc1C(=O)N1CCN(C)C(C)C1. The molecule has 1 aliphatic rings. The van der Waals surface area contributed by atoms with Crippen molar-refractivity contribution in [3.63, 3.8) is 0 Å². The highest BCUT2D eigenvalue weighted by Crippen LogP contribution is 2.24. The first kappa shape index (κ1) is 15.2. The van der Waals surface area contributed by atoms with Gasteiger partial charge in [0.05, 0.1) is 10.5 Å². The average Bonchev–Trinajstić information content (AvgIpc) is 2.48. The number of anilines is 1. The minimum atomic E-state index is -0.483. The maximum absolute atomic E-state index is 12.7. The summed E-state index contributed by atoms with van der Waals surface area (Å²) < 4.78 is 0. The third-order valence-electron chi connectivity index (χ3n) is 3.96. The van der Waals surface area contributed by atoms with Crippen LogP contribution in [-0.4, -0.2) is 60.4 Å². The van der Waals surface area contributed by atoms with Crippen LogP contribution in [0.1, 0.15) is 17.3 Å². The Morgan fingerprint density at radius 3 is 2.71 bits per heavy atom. The second-order valence-electron chi connectivity index (χ2n) is 5.32. The predicted octanol–water partition coefficient (Wildman–Crippen LogP) is 1.41. The molecule has 114 valence electrons. The normalized spacial score (nSPS) is 19.4. The van der Waals surface area contributed by atoms with Crippen LogP contribution in [0.2, 0.25) is 0 Å². The van der Waals surface area contributed by atoms with Crippen LogP contribution in [0.4, 0.5) is 11.4 Å². The molecule has 1 heterocycles. The van der Waals surface area contributed by atoms with Gasteiger partial charge in [0.1, 0.15) is 0 Å². The number of nitrogens with one attached hydrogen (secondary N) is 1. The fraction of sp³-hybridized carbons (Fsp3) is 0.500. The van der Waals surface area contributed by atoms with E-state index < -0.39 is 4.92 Å². The molecule has 0 aliphatic carbocycles. The van der Waals surface area contributed by atoms with Gasteiger partial charge in [0, 0.05) is 50.5 Å². The summed E-state index contributed by atoms with van der Waals surface area (Å²) in [5.74, 6) is -0.164. The van der Waals surface area contributed by atoms with Crippen molar-refractivity contribution < 1.29 is 9.72 Å². The van der Waals surface area contributed by atoms with E-state index in [9.17, 15) is 14.9 Å². The maximum Gasteiger partial charge on any atom is 0.270 e. The lowest BCUT2D eigenvalue weighted by atomic mass is 10.1. The summed E-state index contributed by atoms with van der Waals surface area (Å²) in [4.78, 5) is 27.0. The average molecular weight is 292 g/mol. The molecule has 0 radical (unpaired) electrons. The van der Waals surface area contributed by atoms with Gasteiger partial charge in [-0.25, -0.2) is 0 Å². The van der Waals surface area contributed by atoms with Crippen molar-refractivity contribution >= 4 is 17.3 Å². The Bertz CT molecular complexity index is 561. The molecule has 1 amide bonds. The lowest BCUT2D eigenvalue weighted by Gasteiger charge is -2.37. The van der Waals surface area contributed by atoms with Crippen LogP contribution in [0.5, 0.6) is 0 Å². The summed E-state index contributed by atoms with van der Waals surface area (Å²) >= 11 is 0. The second kappa shape index (κ2) is 6.09. The van der Waals surface area contributed by atoms with E-state index in [1.165, 1.54) is 12.1 Å². The zero-order chi connectivity index (χ0) is 15.6. The van der Waals surface area contributed by atoms with Crippen molar-refractivity contribution in [3.05, 3.63) is 33.9 Å². The van der Waals surface area contributed by atoms with Crippen LogP contribution in [0, 0.1) is 10.1 Å². The first-order valence-corrected chi connectivity index (χ1v) is 6.89. The second-order valence-corrected chi connectivity index (χ2v) is 5.32. The summed E-state index contributed by atoms with van der Waals surface area (Å²) in [7, 11) is 3.73. The smallest absolute Gasteiger partial charge is 0.270 e. The molecule has 0 aromatic heterocycles. The zero-order valence-electron chi connectivity index (χ0n) is 12.5. The van der Waals surface area contributed by atoms with E-state index in [1.54, 1.807) is 18.0 Å². The molecule has 7 heteroatoms. The molecule has 1 aromatic rings. The largest absolute Gasteiger partial charge is 0.387 e. The molecule has 1 atom stereocenters. The van der Waals surface area contributed by atoms with Gasteiger partial charge in [-0.2, -0.15) is 0 Å². The van der Waals surface area contributed by atoms with Crippen LogP contribution < -0.4 is 5.32 Å². The lowest BCUT2D eigenvalue weighted by Crippen LogP contribution is -2.52. The minimum Gasteiger partial charge on any atom is -0.387 e. The van der Waals surface area contributed by atoms with Gasteiger partial charge in [0.25, 0.3) is 11.6 Å². The van der Waals surface area contributed by atoms with Crippen molar-refractivity contribution in [3.8, 4) is 0 Å². The number of carbonyl (C=O) groups is 1. The Balaban J connectivity index is 2.29. The molecule has 0 bridgehead atoms. The molecule has 2 rings (SSSR count). The molecular formula is C14H20N4O3. The molecule has 1 fully saturated rings. The van der Waals surface area contributed by atoms with Crippen molar-refractivity contribution in [2.24, 2.45) is 0 Å². The van der Waals surface area contributed by atoms with Crippen molar-refractivity contribution in [2.75, 3.05) is 39.0 Å². The Hall–Kier alpha value is -2.15. The fourth-order valence-corrected chi connectivity index (χ4v) is 2.44. The number of hydrogen-bond donors (Lipinski definition) is 1. The van der Waals surface area contributed by atoms with Gasteiger partial charge in [-0.1, -0.05) is 0 Å². The third-order valence-corrected chi connectivity index (χ3v) is 3.96. The number of amides is 1. The van der Waals surface area contributed by atoms with Gasteiger partial charge in [-0.05, 0) is 20.0 Å². The van der Waals surface area contributed by atoms with Gasteiger partial charge < -0.3 is 15.1 Å². The molecule has 7 nitrogen and oxygen atoms in total. The number of hydrogen-bond acceptors (Lipinski definition) is 5. The number of rotatable bonds is 3. The van der Waals surface area contributed by atoms with Gasteiger partial charge >= 0.3 is 0 Å². The first-order valence-electron chi connectivity index (χ1n) is 6.89. The Kier molecular flexibility index (Phi) is 4.42. The van der Waals surface area contributed by atoms with Gasteiger partial charge in [0.2, 0.25) is 0 Å². The number of nitrogens with zero attached hydrogens (tertiary/aromatic N) is 3. The van der Waals surface area contributed by atoms with Gasteiger partial charge in [-0.3, -0.25) is 14.9 Å². The molecule has 21 heavy (non-hydrogen) atoms. The highest BCUT2D eigenvalue weighted by atomic mass is 16.6. The highest BCUT2D eigenvalue weighted by Gasteiger charge is 2.27. The topological polar surface area (TPSA) is 78.7 Å². The number of nitro groups is 1. The van der Waals surface area contributed by atoms with Crippen LogP contribution >= 0.6 is 0 Å². The quantitative estimate of drug-likeness (QED) is 0.673. The van der Waals surface area contributed by atoms with Crippen molar-refractivity contribution in [1.29, 1.82) is 0 Å². The predicted molar refractivity (Wildman–Crippen MR) is 80.6 cm³/mol. The first-order chi connectivity index (χ1) is 9.93. The molecule has 1 N–H and O–H groups in total. The van der Waals surface area contributed by atoms with E-state index in [2.05, 4.69) is 17.1 Å². The van der Waals surface area contributed by atoms with Crippen molar-refractivity contribution in [2.45, 2.75) is 13.0 Å². The summed E-state index contributed by atoms with van der Waals surface area (Å²) in [6.07, 6.45) is 0. The Labute approximate surface area is 123 Å². The van der Waals surface area contributed by atoms with Crippen LogP contribution in [0.3, 0.4) is 0 Å². The van der Waals surface area contributed by atoms with E-state index in [1.807, 2.05) is 7.05 Å². The van der Waals surface area contributed by atoms with E-state index in [-0.39, 0.29) is 17.6 Å². The highest BCUT2D eigenvalue weighted by molar-refractivity contribution is 6.00. The minimum absolute atomic E-state index is 0.0699. The van der Waals surface area contributed by atoms with E-state index in [0.717, 1.165) is 6.54 Å². The lowest BCUT2D eigenvalue weighted by molar-refractivity contribution is -0.384. The molecular weight excluding hydrogens is 272 g/mol. The van der Waals surface area contributed by atoms with Gasteiger partial charge in [-0.15, -0.1) is 0 Å². The van der Waals surface area contributed by atoms with Crippen LogP contribution in [0.15, 0.2) is 18.2 Å². The van der Waals surface area contributed by atoms with Gasteiger partial charge in [0.15, 0.2) is 0 Å². The number of piperazine rings is 1. The summed E-state index contributed by atoms with van der Waals surface area (Å²) in [5.41, 5.74) is 0.889. The number of benzene rings is 1. The number of nitro benzene ring substituents is 1. The molecule has 1 aliphatic heterocycles. The Morgan fingerprint density at radius 1 is 1.43 bits per heavy atom. The summed E-state index contributed by atoms with van der Waals surface area (Å²) in [5, 5.41) is 13.8. The van der Waals surface area contributed by atoms with E-state index >= 15 is 0 Å². The third kappa shape index (κ3) is 3.13. The van der Waals surface area contributed by atoms with Crippen LogP contribution in [-0.2, 0) is 0 Å². The molecule has 1 unspecified atom stereocenters.